The van der Waals surface area contributed by atoms with Crippen LogP contribution < -0.4 is 15.8 Å². The molecule has 0 heterocycles. The number of benzene rings is 2. The van der Waals surface area contributed by atoms with E-state index in [0.29, 0.717) is 29.3 Å². The van der Waals surface area contributed by atoms with E-state index in [4.69, 9.17) is 15.6 Å². The molecule has 2 aromatic rings. The van der Waals surface area contributed by atoms with Gasteiger partial charge in [-0.1, -0.05) is 0 Å². The Morgan fingerprint density at radius 2 is 1.52 bits per heavy atom. The number of nitrogens with two attached hydrogens (primary N) is 1. The van der Waals surface area contributed by atoms with Crippen LogP contribution in [0.25, 0.3) is 0 Å². The Morgan fingerprint density at radius 3 is 2.09 bits per heavy atom. The van der Waals surface area contributed by atoms with Crippen LogP contribution in [0.3, 0.4) is 0 Å². The van der Waals surface area contributed by atoms with Gasteiger partial charge in [0.05, 0.1) is 0 Å². The molecule has 6 heteroatoms. The third-order valence-electron chi connectivity index (χ3n) is 3.05. The maximum atomic E-state index is 11.7. The Kier molecular flexibility index (Phi) is 5.57. The molecule has 0 aliphatic carbocycles. The number of anilines is 2. The molecule has 6 nitrogen and oxygen atoms in total. The van der Waals surface area contributed by atoms with Gasteiger partial charge in [-0.25, -0.2) is 0 Å². The number of hydrogen-bond acceptors (Lipinski definition) is 4. The minimum absolute atomic E-state index is 0.0121. The zero-order valence-corrected chi connectivity index (χ0v) is 12.5. The summed E-state index contributed by atoms with van der Waals surface area (Å²) in [6, 6.07) is 14.0. The fraction of sp³-hybridized carbons (Fsp3) is 0.176. The molecule has 0 aromatic heterocycles. The zero-order valence-electron chi connectivity index (χ0n) is 12.5. The van der Waals surface area contributed by atoms with Crippen molar-refractivity contribution in [1.29, 1.82) is 0 Å². The lowest BCUT2D eigenvalue weighted by Crippen LogP contribution is -2.11. The number of hydrogen-bond donors (Lipinski definition) is 3. The average Bonchev–Trinajstić information content (AvgIpc) is 2.51. The van der Waals surface area contributed by atoms with Gasteiger partial charge in [-0.3, -0.25) is 9.59 Å². The first-order valence-electron chi connectivity index (χ1n) is 7.18. The molecular weight excluding hydrogens is 296 g/mol. The van der Waals surface area contributed by atoms with Crippen LogP contribution in [0.2, 0.25) is 0 Å². The zero-order chi connectivity index (χ0) is 16.7. The highest BCUT2D eigenvalue weighted by atomic mass is 16.5. The van der Waals surface area contributed by atoms with E-state index in [-0.39, 0.29) is 18.7 Å². The van der Waals surface area contributed by atoms with Crippen LogP contribution in [0.5, 0.6) is 11.5 Å². The summed E-state index contributed by atoms with van der Waals surface area (Å²) < 4.78 is 5.65. The Labute approximate surface area is 133 Å². The number of carboxylic acid groups (broad SMARTS) is 1. The smallest absolute Gasteiger partial charge is 0.303 e. The molecule has 2 aromatic carbocycles. The third-order valence-corrected chi connectivity index (χ3v) is 3.05. The Balaban J connectivity index is 1.85. The number of ether oxygens (including phenoxy) is 1. The highest BCUT2D eigenvalue weighted by molar-refractivity contribution is 5.90. The van der Waals surface area contributed by atoms with Crippen molar-refractivity contribution in [2.24, 2.45) is 0 Å². The second-order valence-electron chi connectivity index (χ2n) is 4.99. The number of amides is 1. The van der Waals surface area contributed by atoms with Crippen molar-refractivity contribution in [3.05, 3.63) is 48.5 Å². The SMILES string of the molecule is Nc1ccc(Oc2ccc(NC(=O)CCCC(=O)O)cc2)cc1. The molecule has 0 bridgehead atoms. The van der Waals surface area contributed by atoms with Crippen molar-refractivity contribution >= 4 is 23.3 Å². The normalized spacial score (nSPS) is 10.1. The predicted molar refractivity (Wildman–Crippen MR) is 87.5 cm³/mol. The molecule has 2 rings (SSSR count). The van der Waals surface area contributed by atoms with Gasteiger partial charge in [0.2, 0.25) is 5.91 Å². The topological polar surface area (TPSA) is 102 Å². The maximum absolute atomic E-state index is 11.7. The largest absolute Gasteiger partial charge is 0.481 e. The molecule has 120 valence electrons. The molecule has 23 heavy (non-hydrogen) atoms. The number of aliphatic carboxylic acids is 1. The lowest BCUT2D eigenvalue weighted by molar-refractivity contribution is -0.137. The molecule has 0 fully saturated rings. The summed E-state index contributed by atoms with van der Waals surface area (Å²) in [5.74, 6) is 0.198. The van der Waals surface area contributed by atoms with Crippen LogP contribution in [0, 0.1) is 0 Å². The molecule has 0 aliphatic heterocycles. The number of nitrogen functional groups attached to an aromatic ring is 1. The highest BCUT2D eigenvalue weighted by Crippen LogP contribution is 2.23. The summed E-state index contributed by atoms with van der Waals surface area (Å²) in [5.41, 5.74) is 6.91. The summed E-state index contributed by atoms with van der Waals surface area (Å²) >= 11 is 0. The van der Waals surface area contributed by atoms with Gasteiger partial charge >= 0.3 is 5.97 Å². The van der Waals surface area contributed by atoms with Crippen LogP contribution in [0.15, 0.2) is 48.5 Å². The van der Waals surface area contributed by atoms with Crippen molar-refractivity contribution in [3.63, 3.8) is 0 Å². The summed E-state index contributed by atoms with van der Waals surface area (Å²) in [7, 11) is 0. The second kappa shape index (κ2) is 7.84. The monoisotopic (exact) mass is 314 g/mol. The molecule has 0 saturated carbocycles. The highest BCUT2D eigenvalue weighted by Gasteiger charge is 2.05. The molecule has 4 N–H and O–H groups in total. The van der Waals surface area contributed by atoms with Crippen LogP contribution in [0.1, 0.15) is 19.3 Å². The summed E-state index contributed by atoms with van der Waals surface area (Å²) in [5, 5.41) is 11.2. The van der Waals surface area contributed by atoms with E-state index in [9.17, 15) is 9.59 Å². The van der Waals surface area contributed by atoms with Gasteiger partial charge in [-0.15, -0.1) is 0 Å². The minimum Gasteiger partial charge on any atom is -0.481 e. The van der Waals surface area contributed by atoms with Crippen molar-refractivity contribution in [3.8, 4) is 11.5 Å². The van der Waals surface area contributed by atoms with E-state index < -0.39 is 5.97 Å². The molecule has 0 unspecified atom stereocenters. The van der Waals surface area contributed by atoms with Gasteiger partial charge in [-0.2, -0.15) is 0 Å². The van der Waals surface area contributed by atoms with E-state index in [2.05, 4.69) is 5.32 Å². The van der Waals surface area contributed by atoms with E-state index in [1.807, 2.05) is 0 Å². The van der Waals surface area contributed by atoms with Crippen LogP contribution in [-0.2, 0) is 9.59 Å². The fourth-order valence-corrected chi connectivity index (χ4v) is 1.90. The van der Waals surface area contributed by atoms with Gasteiger partial charge in [-0.05, 0) is 55.0 Å². The van der Waals surface area contributed by atoms with E-state index in [1.54, 1.807) is 48.5 Å². The third kappa shape index (κ3) is 5.70. The standard InChI is InChI=1S/C17H18N2O4/c18-12-4-8-14(9-5-12)23-15-10-6-13(7-11-15)19-16(20)2-1-3-17(21)22/h4-11H,1-3,18H2,(H,19,20)(H,21,22). The lowest BCUT2D eigenvalue weighted by Gasteiger charge is -2.08. The summed E-state index contributed by atoms with van der Waals surface area (Å²) in [4.78, 5) is 22.0. The lowest BCUT2D eigenvalue weighted by atomic mass is 10.2. The van der Waals surface area contributed by atoms with Crippen molar-refractivity contribution < 1.29 is 19.4 Å². The molecular formula is C17H18N2O4. The van der Waals surface area contributed by atoms with E-state index in [1.165, 1.54) is 0 Å². The number of carbonyl (C=O) groups is 2. The van der Waals surface area contributed by atoms with Crippen LogP contribution >= 0.6 is 0 Å². The molecule has 0 saturated heterocycles. The van der Waals surface area contributed by atoms with Gasteiger partial charge < -0.3 is 20.9 Å². The molecule has 0 radical (unpaired) electrons. The van der Waals surface area contributed by atoms with Gasteiger partial charge in [0, 0.05) is 24.2 Å². The Hall–Kier alpha value is -3.02. The molecule has 0 atom stereocenters. The van der Waals surface area contributed by atoms with Gasteiger partial charge in [0.25, 0.3) is 0 Å². The number of nitrogens with one attached hydrogen (secondary N) is 1. The van der Waals surface area contributed by atoms with Crippen molar-refractivity contribution in [1.82, 2.24) is 0 Å². The van der Waals surface area contributed by atoms with Crippen LogP contribution in [0.4, 0.5) is 11.4 Å². The van der Waals surface area contributed by atoms with Crippen LogP contribution in [-0.4, -0.2) is 17.0 Å². The first kappa shape index (κ1) is 16.4. The maximum Gasteiger partial charge on any atom is 0.303 e. The molecule has 0 aliphatic rings. The second-order valence-corrected chi connectivity index (χ2v) is 4.99. The first-order valence-corrected chi connectivity index (χ1v) is 7.18. The Bertz CT molecular complexity index is 666. The van der Waals surface area contributed by atoms with Gasteiger partial charge in [0.1, 0.15) is 11.5 Å². The quantitative estimate of drug-likeness (QED) is 0.681. The number of carboxylic acids is 1. The van der Waals surface area contributed by atoms with Crippen molar-refractivity contribution in [2.75, 3.05) is 11.1 Å². The first-order chi connectivity index (χ1) is 11.0. The fourth-order valence-electron chi connectivity index (χ4n) is 1.90. The minimum atomic E-state index is -0.901. The Morgan fingerprint density at radius 1 is 0.957 bits per heavy atom. The molecule has 0 spiro atoms. The van der Waals surface area contributed by atoms with E-state index in [0.717, 1.165) is 0 Å². The average molecular weight is 314 g/mol. The number of rotatable bonds is 7. The summed E-state index contributed by atoms with van der Waals surface area (Å²) in [6.07, 6.45) is 0.483. The van der Waals surface area contributed by atoms with Gasteiger partial charge in [0.15, 0.2) is 0 Å². The molecule has 1 amide bonds. The summed E-state index contributed by atoms with van der Waals surface area (Å²) in [6.45, 7) is 0. The number of carbonyl (C=O) groups excluding carboxylic acids is 1. The predicted octanol–water partition coefficient (Wildman–Crippen LogP) is 3.25. The van der Waals surface area contributed by atoms with E-state index >= 15 is 0 Å². The van der Waals surface area contributed by atoms with Crippen molar-refractivity contribution in [2.45, 2.75) is 19.3 Å².